The normalized spacial score (nSPS) is 19.6. The van der Waals surface area contributed by atoms with Crippen LogP contribution in [0.5, 0.6) is 0 Å². The monoisotopic (exact) mass is 547 g/mol. The van der Waals surface area contributed by atoms with Gasteiger partial charge >= 0.3 is 0 Å². The summed E-state index contributed by atoms with van der Waals surface area (Å²) in [5.41, 5.74) is 0.0895. The predicted octanol–water partition coefficient (Wildman–Crippen LogP) is 1.53. The number of aliphatic hydroxyl groups is 1. The highest BCUT2D eigenvalue weighted by atomic mass is 16.6. The van der Waals surface area contributed by atoms with E-state index in [-0.39, 0.29) is 30.6 Å². The quantitative estimate of drug-likeness (QED) is 0.216. The fraction of sp³-hybridized carbons (Fsp3) is 0.655. The van der Waals surface area contributed by atoms with Gasteiger partial charge in [-0.15, -0.1) is 0 Å². The highest BCUT2D eigenvalue weighted by Crippen LogP contribution is 2.29. The van der Waals surface area contributed by atoms with Crippen molar-refractivity contribution in [1.82, 2.24) is 16.0 Å². The minimum absolute atomic E-state index is 0.0459. The number of benzene rings is 1. The fourth-order valence-corrected chi connectivity index (χ4v) is 4.27. The first-order valence-corrected chi connectivity index (χ1v) is 13.7. The molecule has 0 aliphatic carbocycles. The first-order chi connectivity index (χ1) is 18.4. The van der Waals surface area contributed by atoms with Gasteiger partial charge in [-0.05, 0) is 50.0 Å². The van der Waals surface area contributed by atoms with Crippen LogP contribution >= 0.6 is 0 Å². The van der Waals surface area contributed by atoms with Crippen molar-refractivity contribution < 1.29 is 33.8 Å². The average Bonchev–Trinajstić information content (AvgIpc) is 3.63. The SMILES string of the molecule is COC[C@H](NC(=O)C(CC(C)C)NC(=O)[C@@H](O)CCc1ccccc1)C(=O)N[C@@H](CC(C)C)C(=O)[C@@]1(C)CO1. The summed E-state index contributed by atoms with van der Waals surface area (Å²) in [6, 6.07) is 6.66. The molecule has 0 bridgehead atoms. The van der Waals surface area contributed by atoms with Gasteiger partial charge in [0, 0.05) is 7.11 Å². The minimum Gasteiger partial charge on any atom is -0.383 e. The molecule has 0 saturated carbocycles. The number of hydrogen-bond donors (Lipinski definition) is 4. The molecule has 39 heavy (non-hydrogen) atoms. The third kappa shape index (κ3) is 10.7. The third-order valence-corrected chi connectivity index (χ3v) is 6.60. The maximum Gasteiger partial charge on any atom is 0.249 e. The Morgan fingerprint density at radius 1 is 0.897 bits per heavy atom. The molecule has 10 nitrogen and oxygen atoms in total. The summed E-state index contributed by atoms with van der Waals surface area (Å²) in [6.45, 7) is 9.57. The molecule has 5 atom stereocenters. The van der Waals surface area contributed by atoms with Crippen molar-refractivity contribution in [3.63, 3.8) is 0 Å². The first-order valence-electron chi connectivity index (χ1n) is 13.7. The van der Waals surface area contributed by atoms with Crippen LogP contribution in [0.25, 0.3) is 0 Å². The van der Waals surface area contributed by atoms with Crippen molar-refractivity contribution in [2.24, 2.45) is 11.8 Å². The van der Waals surface area contributed by atoms with Gasteiger partial charge in [-0.25, -0.2) is 0 Å². The number of hydrogen-bond acceptors (Lipinski definition) is 7. The Morgan fingerprint density at radius 2 is 1.41 bits per heavy atom. The largest absolute Gasteiger partial charge is 0.383 e. The van der Waals surface area contributed by atoms with E-state index in [1.54, 1.807) is 6.92 Å². The lowest BCUT2D eigenvalue weighted by Crippen LogP contribution is -2.58. The Labute approximate surface area is 231 Å². The van der Waals surface area contributed by atoms with Crippen LogP contribution in [0.15, 0.2) is 30.3 Å². The minimum atomic E-state index is -1.29. The number of nitrogens with one attached hydrogen (secondary N) is 3. The van der Waals surface area contributed by atoms with Crippen molar-refractivity contribution >= 4 is 23.5 Å². The predicted molar refractivity (Wildman–Crippen MR) is 147 cm³/mol. The zero-order valence-corrected chi connectivity index (χ0v) is 24.0. The molecule has 1 unspecified atom stereocenters. The van der Waals surface area contributed by atoms with Crippen LogP contribution in [0, 0.1) is 11.8 Å². The molecule has 3 amide bonds. The summed E-state index contributed by atoms with van der Waals surface area (Å²) in [5.74, 6) is -1.82. The molecule has 1 heterocycles. The summed E-state index contributed by atoms with van der Waals surface area (Å²) in [6.07, 6.45) is 0.138. The number of rotatable bonds is 17. The van der Waals surface area contributed by atoms with Crippen molar-refractivity contribution in [2.45, 2.75) is 90.1 Å². The van der Waals surface area contributed by atoms with Crippen molar-refractivity contribution in [1.29, 1.82) is 0 Å². The van der Waals surface area contributed by atoms with E-state index >= 15 is 0 Å². The number of aliphatic hydroxyl groups excluding tert-OH is 1. The number of ether oxygens (including phenoxy) is 2. The van der Waals surface area contributed by atoms with Gasteiger partial charge < -0.3 is 30.5 Å². The van der Waals surface area contributed by atoms with Crippen LogP contribution in [-0.2, 0) is 35.1 Å². The number of aryl methyl sites for hydroxylation is 1. The highest BCUT2D eigenvalue weighted by molar-refractivity contribution is 5.98. The van der Waals surface area contributed by atoms with E-state index in [9.17, 15) is 24.3 Å². The van der Waals surface area contributed by atoms with E-state index in [1.165, 1.54) is 7.11 Å². The summed E-state index contributed by atoms with van der Waals surface area (Å²) < 4.78 is 10.5. The Hall–Kier alpha value is -2.82. The van der Waals surface area contributed by atoms with Gasteiger partial charge in [0.25, 0.3) is 0 Å². The lowest BCUT2D eigenvalue weighted by atomic mass is 9.93. The van der Waals surface area contributed by atoms with Gasteiger partial charge in [0.2, 0.25) is 17.7 Å². The zero-order chi connectivity index (χ0) is 29.2. The topological polar surface area (TPSA) is 146 Å². The van der Waals surface area contributed by atoms with E-state index in [4.69, 9.17) is 9.47 Å². The number of carbonyl (C=O) groups excluding carboxylic acids is 4. The molecule has 2 rings (SSSR count). The lowest BCUT2D eigenvalue weighted by Gasteiger charge is -2.27. The molecule has 1 aliphatic rings. The summed E-state index contributed by atoms with van der Waals surface area (Å²) in [5, 5.41) is 18.5. The van der Waals surface area contributed by atoms with Crippen LogP contribution in [-0.4, -0.2) is 78.8 Å². The van der Waals surface area contributed by atoms with Crippen molar-refractivity contribution in [3.05, 3.63) is 35.9 Å². The van der Waals surface area contributed by atoms with Crippen LogP contribution in [0.3, 0.4) is 0 Å². The Morgan fingerprint density at radius 3 is 1.95 bits per heavy atom. The fourth-order valence-electron chi connectivity index (χ4n) is 4.27. The molecule has 1 aliphatic heterocycles. The molecule has 0 spiro atoms. The molecule has 0 radical (unpaired) electrons. The zero-order valence-electron chi connectivity index (χ0n) is 24.0. The second-order valence-corrected chi connectivity index (χ2v) is 11.3. The Kier molecular flexibility index (Phi) is 12.5. The maximum absolute atomic E-state index is 13.2. The van der Waals surface area contributed by atoms with Crippen molar-refractivity contribution in [2.75, 3.05) is 20.3 Å². The number of Topliss-reactive ketones (excluding diaryl/α,β-unsaturated/α-hetero) is 1. The van der Waals surface area contributed by atoms with Crippen LogP contribution < -0.4 is 16.0 Å². The van der Waals surface area contributed by atoms with Crippen LogP contribution in [0.1, 0.15) is 59.4 Å². The second-order valence-electron chi connectivity index (χ2n) is 11.3. The van der Waals surface area contributed by atoms with Crippen molar-refractivity contribution in [3.8, 4) is 0 Å². The molecule has 218 valence electrons. The molecule has 4 N–H and O–H groups in total. The molecule has 0 aromatic heterocycles. The van der Waals surface area contributed by atoms with Gasteiger partial charge in [-0.1, -0.05) is 58.0 Å². The van der Waals surface area contributed by atoms with Gasteiger partial charge in [0.1, 0.15) is 23.8 Å². The van der Waals surface area contributed by atoms with Gasteiger partial charge in [-0.2, -0.15) is 0 Å². The Balaban J connectivity index is 2.05. The molecular formula is C29H45N3O7. The molecule has 1 fully saturated rings. The Bertz CT molecular complexity index is 963. The highest BCUT2D eigenvalue weighted by Gasteiger charge is 2.50. The van der Waals surface area contributed by atoms with Crippen LogP contribution in [0.2, 0.25) is 0 Å². The molecule has 10 heteroatoms. The second kappa shape index (κ2) is 15.1. The summed E-state index contributed by atoms with van der Waals surface area (Å²) in [4.78, 5) is 52.1. The lowest BCUT2D eigenvalue weighted by molar-refractivity contribution is -0.137. The average molecular weight is 548 g/mol. The summed E-state index contributed by atoms with van der Waals surface area (Å²) in [7, 11) is 1.40. The van der Waals surface area contributed by atoms with E-state index in [2.05, 4.69) is 16.0 Å². The molecule has 1 aromatic carbocycles. The van der Waals surface area contributed by atoms with E-state index in [0.717, 1.165) is 5.56 Å². The number of carbonyl (C=O) groups is 4. The van der Waals surface area contributed by atoms with E-state index < -0.39 is 47.6 Å². The molecule has 1 saturated heterocycles. The third-order valence-electron chi connectivity index (χ3n) is 6.60. The number of methoxy groups -OCH3 is 1. The maximum atomic E-state index is 13.2. The molecule has 1 aromatic rings. The smallest absolute Gasteiger partial charge is 0.249 e. The van der Waals surface area contributed by atoms with Gasteiger partial charge in [0.05, 0.1) is 19.3 Å². The van der Waals surface area contributed by atoms with E-state index in [1.807, 2.05) is 58.0 Å². The van der Waals surface area contributed by atoms with Crippen LogP contribution in [0.4, 0.5) is 0 Å². The molecular weight excluding hydrogens is 502 g/mol. The number of amides is 3. The number of ketones is 1. The summed E-state index contributed by atoms with van der Waals surface area (Å²) >= 11 is 0. The van der Waals surface area contributed by atoms with Gasteiger partial charge in [0.15, 0.2) is 5.78 Å². The van der Waals surface area contributed by atoms with E-state index in [0.29, 0.717) is 25.9 Å². The number of epoxide rings is 1. The standard InChI is InChI=1S/C29H45N3O7/c1-18(2)14-21(25(34)29(5)17-39-29)30-27(36)23(16-38-6)32-26(35)22(15-19(3)4)31-28(37)24(33)13-12-20-10-8-7-9-11-20/h7-11,18-19,21-24,33H,12-17H2,1-6H3,(H,30,36)(H,31,37)(H,32,35)/t21-,22?,23-,24-,29+/m0/s1. The first kappa shape index (κ1) is 32.4. The van der Waals surface area contributed by atoms with Gasteiger partial charge in [-0.3, -0.25) is 19.2 Å².